The summed E-state index contributed by atoms with van der Waals surface area (Å²) in [5, 5.41) is 12.1. The summed E-state index contributed by atoms with van der Waals surface area (Å²) in [6, 6.07) is 5.30. The molecule has 1 fully saturated rings. The number of nitrogens with zero attached hydrogens (tertiary/aromatic N) is 2. The lowest BCUT2D eigenvalue weighted by Crippen LogP contribution is -2.41. The predicted molar refractivity (Wildman–Crippen MR) is 78.8 cm³/mol. The molecular formula is C14H16N4O4. The molecule has 116 valence electrons. The molecule has 1 aromatic carbocycles. The normalized spacial score (nSPS) is 15.9. The van der Waals surface area contributed by atoms with Crippen molar-refractivity contribution in [3.8, 4) is 0 Å². The molecule has 0 saturated carbocycles. The Morgan fingerprint density at radius 3 is 2.73 bits per heavy atom. The molecule has 4 N–H and O–H groups in total. The summed E-state index contributed by atoms with van der Waals surface area (Å²) in [5.41, 5.74) is 6.73. The number of benzene rings is 1. The van der Waals surface area contributed by atoms with E-state index in [9.17, 15) is 9.59 Å². The van der Waals surface area contributed by atoms with Crippen LogP contribution in [-0.4, -0.2) is 46.1 Å². The summed E-state index contributed by atoms with van der Waals surface area (Å²) in [6.07, 6.45) is 0.495. The second-order valence-electron chi connectivity index (χ2n) is 5.25. The fourth-order valence-corrected chi connectivity index (χ4v) is 2.53. The van der Waals surface area contributed by atoms with Crippen molar-refractivity contribution in [2.24, 2.45) is 5.73 Å². The number of aromatic nitrogens is 1. The van der Waals surface area contributed by atoms with E-state index >= 15 is 0 Å². The number of fused-ring (bicyclic) bond motifs is 1. The van der Waals surface area contributed by atoms with Gasteiger partial charge in [0.15, 0.2) is 5.58 Å². The molecule has 1 saturated heterocycles. The Labute approximate surface area is 125 Å². The van der Waals surface area contributed by atoms with Crippen LogP contribution in [0.4, 0.5) is 10.8 Å². The van der Waals surface area contributed by atoms with Crippen LogP contribution in [0, 0.1) is 0 Å². The van der Waals surface area contributed by atoms with Crippen molar-refractivity contribution in [1.29, 1.82) is 0 Å². The third-order valence-corrected chi connectivity index (χ3v) is 3.77. The van der Waals surface area contributed by atoms with Gasteiger partial charge in [0.1, 0.15) is 5.52 Å². The summed E-state index contributed by atoms with van der Waals surface area (Å²) in [6.45, 7) is 0.970. The smallest absolute Gasteiger partial charge is 0.407 e. The molecule has 0 bridgehead atoms. The number of likely N-dealkylation sites (tertiary alicyclic amines) is 1. The Morgan fingerprint density at radius 1 is 1.36 bits per heavy atom. The number of hydrogen-bond donors (Lipinski definition) is 3. The number of oxazole rings is 1. The van der Waals surface area contributed by atoms with Gasteiger partial charge in [0, 0.05) is 24.7 Å². The highest BCUT2D eigenvalue weighted by Crippen LogP contribution is 2.22. The summed E-state index contributed by atoms with van der Waals surface area (Å²) in [5.74, 6) is -0.513. The van der Waals surface area contributed by atoms with Gasteiger partial charge in [0.05, 0.1) is 0 Å². The molecule has 2 aromatic rings. The lowest BCUT2D eigenvalue weighted by molar-refractivity contribution is 0.1000. The molecule has 0 unspecified atom stereocenters. The molecule has 0 aliphatic carbocycles. The van der Waals surface area contributed by atoms with Crippen LogP contribution in [0.3, 0.4) is 0 Å². The standard InChI is InChI=1S/C14H16N4O4/c15-12(19)8-1-2-11-10(7-8)17-13(22-11)16-9-3-5-18(6-4-9)14(20)21/h1-2,7,9H,3-6H2,(H2,15,19)(H,16,17)(H,20,21). The number of amides is 2. The molecule has 8 heteroatoms. The fraction of sp³-hybridized carbons (Fsp3) is 0.357. The van der Waals surface area contributed by atoms with Gasteiger partial charge < -0.3 is 25.5 Å². The Balaban J connectivity index is 1.69. The summed E-state index contributed by atoms with van der Waals surface area (Å²) < 4.78 is 5.58. The minimum Gasteiger partial charge on any atom is -0.465 e. The molecule has 22 heavy (non-hydrogen) atoms. The first-order chi connectivity index (χ1) is 10.5. The van der Waals surface area contributed by atoms with E-state index in [1.165, 1.54) is 4.90 Å². The third kappa shape index (κ3) is 2.80. The minimum absolute atomic E-state index is 0.110. The van der Waals surface area contributed by atoms with Crippen molar-refractivity contribution in [1.82, 2.24) is 9.88 Å². The number of rotatable bonds is 3. The van der Waals surface area contributed by atoms with Crippen LogP contribution in [0.1, 0.15) is 23.2 Å². The maximum atomic E-state index is 11.1. The second-order valence-corrected chi connectivity index (χ2v) is 5.25. The number of anilines is 1. The summed E-state index contributed by atoms with van der Waals surface area (Å²) in [4.78, 5) is 27.7. The van der Waals surface area contributed by atoms with Gasteiger partial charge in [-0.1, -0.05) is 0 Å². The predicted octanol–water partition coefficient (Wildman–Crippen LogP) is 1.48. The summed E-state index contributed by atoms with van der Waals surface area (Å²) in [7, 11) is 0. The van der Waals surface area contributed by atoms with Gasteiger partial charge in [-0.25, -0.2) is 4.79 Å². The van der Waals surface area contributed by atoms with Crippen LogP contribution >= 0.6 is 0 Å². The zero-order valence-corrected chi connectivity index (χ0v) is 11.8. The zero-order valence-electron chi connectivity index (χ0n) is 11.8. The van der Waals surface area contributed by atoms with Crippen molar-refractivity contribution >= 4 is 29.1 Å². The Kier molecular flexibility index (Phi) is 3.58. The highest BCUT2D eigenvalue weighted by Gasteiger charge is 2.23. The van der Waals surface area contributed by atoms with Crippen LogP contribution in [0.2, 0.25) is 0 Å². The maximum Gasteiger partial charge on any atom is 0.407 e. The summed E-state index contributed by atoms with van der Waals surface area (Å²) >= 11 is 0. The fourth-order valence-electron chi connectivity index (χ4n) is 2.53. The third-order valence-electron chi connectivity index (χ3n) is 3.77. The Morgan fingerprint density at radius 2 is 2.09 bits per heavy atom. The van der Waals surface area contributed by atoms with Crippen molar-refractivity contribution in [2.75, 3.05) is 18.4 Å². The van der Waals surface area contributed by atoms with Crippen LogP contribution in [0.5, 0.6) is 0 Å². The van der Waals surface area contributed by atoms with E-state index in [4.69, 9.17) is 15.3 Å². The van der Waals surface area contributed by atoms with Crippen LogP contribution in [0.15, 0.2) is 22.6 Å². The first kappa shape index (κ1) is 14.2. The maximum absolute atomic E-state index is 11.1. The number of primary amides is 1. The molecule has 0 atom stereocenters. The van der Waals surface area contributed by atoms with E-state index in [0.29, 0.717) is 48.6 Å². The van der Waals surface area contributed by atoms with Crippen LogP contribution in [0.25, 0.3) is 11.1 Å². The largest absolute Gasteiger partial charge is 0.465 e. The van der Waals surface area contributed by atoms with Gasteiger partial charge in [-0.15, -0.1) is 0 Å². The Hall–Kier alpha value is -2.77. The number of piperidine rings is 1. The van der Waals surface area contributed by atoms with Gasteiger partial charge >= 0.3 is 6.09 Å². The van der Waals surface area contributed by atoms with Gasteiger partial charge in [-0.05, 0) is 31.0 Å². The van der Waals surface area contributed by atoms with Crippen molar-refractivity contribution in [3.05, 3.63) is 23.8 Å². The highest BCUT2D eigenvalue weighted by molar-refractivity contribution is 5.96. The molecular weight excluding hydrogens is 288 g/mol. The van der Waals surface area contributed by atoms with E-state index in [-0.39, 0.29) is 6.04 Å². The monoisotopic (exact) mass is 304 g/mol. The van der Waals surface area contributed by atoms with Crippen LogP contribution < -0.4 is 11.1 Å². The van der Waals surface area contributed by atoms with Gasteiger partial charge in [0.2, 0.25) is 5.91 Å². The lowest BCUT2D eigenvalue weighted by Gasteiger charge is -2.29. The molecule has 1 aliphatic heterocycles. The highest BCUT2D eigenvalue weighted by atomic mass is 16.4. The molecule has 0 radical (unpaired) electrons. The SMILES string of the molecule is NC(=O)c1ccc2oc(NC3CCN(C(=O)O)CC3)nc2c1. The Bertz CT molecular complexity index is 719. The van der Waals surface area contributed by atoms with E-state index in [1.807, 2.05) is 0 Å². The molecule has 1 aliphatic rings. The first-order valence-electron chi connectivity index (χ1n) is 6.98. The quantitative estimate of drug-likeness (QED) is 0.789. The molecule has 2 heterocycles. The number of hydrogen-bond acceptors (Lipinski definition) is 5. The van der Waals surface area contributed by atoms with Crippen molar-refractivity contribution in [2.45, 2.75) is 18.9 Å². The zero-order chi connectivity index (χ0) is 15.7. The number of nitrogens with one attached hydrogen (secondary N) is 1. The van der Waals surface area contributed by atoms with Crippen molar-refractivity contribution < 1.29 is 19.1 Å². The van der Waals surface area contributed by atoms with Gasteiger partial charge in [-0.2, -0.15) is 4.98 Å². The van der Waals surface area contributed by atoms with Gasteiger partial charge in [-0.3, -0.25) is 4.79 Å². The van der Waals surface area contributed by atoms with E-state index in [2.05, 4.69) is 10.3 Å². The van der Waals surface area contributed by atoms with Crippen molar-refractivity contribution in [3.63, 3.8) is 0 Å². The average Bonchev–Trinajstić information content (AvgIpc) is 2.88. The number of carboxylic acid groups (broad SMARTS) is 1. The lowest BCUT2D eigenvalue weighted by atomic mass is 10.1. The van der Waals surface area contributed by atoms with E-state index in [1.54, 1.807) is 18.2 Å². The van der Waals surface area contributed by atoms with Crippen LogP contribution in [-0.2, 0) is 0 Å². The molecule has 8 nitrogen and oxygen atoms in total. The van der Waals surface area contributed by atoms with E-state index in [0.717, 1.165) is 0 Å². The minimum atomic E-state index is -0.890. The van der Waals surface area contributed by atoms with E-state index < -0.39 is 12.0 Å². The molecule has 1 aromatic heterocycles. The molecule has 3 rings (SSSR count). The number of nitrogens with two attached hydrogens (primary N) is 1. The number of carbonyl (C=O) groups is 2. The second kappa shape index (κ2) is 5.55. The molecule has 2 amide bonds. The topological polar surface area (TPSA) is 122 Å². The molecule has 0 spiro atoms. The first-order valence-corrected chi connectivity index (χ1v) is 6.98. The number of carbonyl (C=O) groups excluding carboxylic acids is 1. The average molecular weight is 304 g/mol. The van der Waals surface area contributed by atoms with Gasteiger partial charge in [0.25, 0.3) is 6.01 Å².